The van der Waals surface area contributed by atoms with Crippen molar-refractivity contribution in [2.75, 3.05) is 52.8 Å². The number of rotatable bonds is 37. The molecule has 0 radical (unpaired) electrons. The number of nitrogens with zero attached hydrogens (tertiary/aromatic N) is 2. The molecule has 4 N–H and O–H groups in total. The second-order valence-electron chi connectivity index (χ2n) is 14.4. The molecule has 10 nitrogen and oxygen atoms in total. The van der Waals surface area contributed by atoms with Crippen molar-refractivity contribution in [3.05, 3.63) is 0 Å². The fourth-order valence-electron chi connectivity index (χ4n) is 5.72. The standard InChI is InChI=1S/C38H74N4O6S2/c1-41(2)29-25-21-17-13-9-5-7-11-15-19-23-27-35(43)39-33(37(45)46)31-49-50-32-34(38(47)48)40-36(44)28-24-20-16-12-8-6-10-14-18-22-26-30-42(3)4/h33-34H,5-32H2,1-4H3,(H,39,43)(H,40,44)(H,45,46)(H,47,48). The van der Waals surface area contributed by atoms with Crippen molar-refractivity contribution in [3.63, 3.8) is 0 Å². The summed E-state index contributed by atoms with van der Waals surface area (Å²) in [6.07, 6.45) is 26.5. The monoisotopic (exact) mass is 747 g/mol. The Hall–Kier alpha value is -1.50. The highest BCUT2D eigenvalue weighted by atomic mass is 33.1. The first-order chi connectivity index (χ1) is 24.0. The molecule has 2 amide bonds. The number of hydrogen-bond donors (Lipinski definition) is 4. The van der Waals surface area contributed by atoms with Crippen molar-refractivity contribution < 1.29 is 29.4 Å². The minimum atomic E-state index is -1.11. The maximum Gasteiger partial charge on any atom is 0.327 e. The molecular formula is C38H74N4O6S2. The van der Waals surface area contributed by atoms with Gasteiger partial charge in [-0.1, -0.05) is 137 Å². The summed E-state index contributed by atoms with van der Waals surface area (Å²) in [6.45, 7) is 2.34. The predicted octanol–water partition coefficient (Wildman–Crippen LogP) is 7.99. The highest BCUT2D eigenvalue weighted by Gasteiger charge is 2.23. The number of hydrogen-bond acceptors (Lipinski definition) is 8. The Labute approximate surface area is 313 Å². The van der Waals surface area contributed by atoms with Gasteiger partial charge in [-0.25, -0.2) is 9.59 Å². The van der Waals surface area contributed by atoms with Crippen LogP contribution in [0.2, 0.25) is 0 Å². The van der Waals surface area contributed by atoms with Crippen LogP contribution in [0.15, 0.2) is 0 Å². The summed E-state index contributed by atoms with van der Waals surface area (Å²) in [7, 11) is 10.9. The smallest absolute Gasteiger partial charge is 0.327 e. The number of carboxylic acid groups (broad SMARTS) is 2. The van der Waals surface area contributed by atoms with Crippen LogP contribution in [0.25, 0.3) is 0 Å². The molecule has 12 heteroatoms. The van der Waals surface area contributed by atoms with E-state index < -0.39 is 24.0 Å². The number of carboxylic acids is 2. The molecule has 0 spiro atoms. The fourth-order valence-corrected chi connectivity index (χ4v) is 8.03. The molecule has 0 aliphatic rings. The molecule has 0 heterocycles. The molecule has 0 aromatic heterocycles. The van der Waals surface area contributed by atoms with Gasteiger partial charge in [-0.3, -0.25) is 9.59 Å². The Balaban J connectivity index is 3.92. The number of aliphatic carboxylic acids is 2. The van der Waals surface area contributed by atoms with Gasteiger partial charge in [0, 0.05) is 24.3 Å². The molecule has 0 saturated carbocycles. The molecule has 294 valence electrons. The minimum Gasteiger partial charge on any atom is -0.480 e. The van der Waals surface area contributed by atoms with Crippen molar-refractivity contribution in [3.8, 4) is 0 Å². The van der Waals surface area contributed by atoms with Crippen LogP contribution in [0.3, 0.4) is 0 Å². The van der Waals surface area contributed by atoms with Crippen LogP contribution in [0.5, 0.6) is 0 Å². The zero-order valence-electron chi connectivity index (χ0n) is 32.2. The van der Waals surface area contributed by atoms with E-state index in [1.165, 1.54) is 137 Å². The highest BCUT2D eigenvalue weighted by molar-refractivity contribution is 8.76. The van der Waals surface area contributed by atoms with E-state index in [0.717, 1.165) is 38.5 Å². The summed E-state index contributed by atoms with van der Waals surface area (Å²) in [4.78, 5) is 52.6. The number of unbranched alkanes of at least 4 members (excludes halogenated alkanes) is 20. The Morgan fingerprint density at radius 1 is 0.440 bits per heavy atom. The van der Waals surface area contributed by atoms with Gasteiger partial charge >= 0.3 is 11.9 Å². The van der Waals surface area contributed by atoms with Gasteiger partial charge in [0.25, 0.3) is 0 Å². The molecular weight excluding hydrogens is 673 g/mol. The lowest BCUT2D eigenvalue weighted by Crippen LogP contribution is -2.43. The lowest BCUT2D eigenvalue weighted by Gasteiger charge is -2.16. The minimum absolute atomic E-state index is 0.110. The van der Waals surface area contributed by atoms with Crippen LogP contribution in [0.4, 0.5) is 0 Å². The zero-order chi connectivity index (χ0) is 37.2. The van der Waals surface area contributed by atoms with Crippen LogP contribution in [-0.2, 0) is 19.2 Å². The third-order valence-electron chi connectivity index (χ3n) is 8.84. The zero-order valence-corrected chi connectivity index (χ0v) is 33.8. The van der Waals surface area contributed by atoms with E-state index in [-0.39, 0.29) is 23.3 Å². The largest absolute Gasteiger partial charge is 0.480 e. The molecule has 0 aromatic carbocycles. The second-order valence-corrected chi connectivity index (χ2v) is 16.9. The predicted molar refractivity (Wildman–Crippen MR) is 212 cm³/mol. The molecule has 0 bridgehead atoms. The maximum absolute atomic E-state index is 12.4. The Morgan fingerprint density at radius 3 is 0.920 bits per heavy atom. The van der Waals surface area contributed by atoms with E-state index in [2.05, 4.69) is 48.6 Å². The van der Waals surface area contributed by atoms with Crippen LogP contribution in [0.1, 0.15) is 154 Å². The molecule has 2 atom stereocenters. The first-order valence-electron chi connectivity index (χ1n) is 19.6. The Morgan fingerprint density at radius 2 is 0.680 bits per heavy atom. The van der Waals surface area contributed by atoms with Gasteiger partial charge in [-0.05, 0) is 67.0 Å². The first kappa shape index (κ1) is 48.5. The van der Waals surface area contributed by atoms with Crippen LogP contribution in [0, 0.1) is 0 Å². The lowest BCUT2D eigenvalue weighted by atomic mass is 10.0. The van der Waals surface area contributed by atoms with E-state index in [4.69, 9.17) is 0 Å². The fraction of sp³-hybridized carbons (Fsp3) is 0.895. The number of carbonyl (C=O) groups is 4. The van der Waals surface area contributed by atoms with Crippen molar-refractivity contribution in [1.29, 1.82) is 0 Å². The van der Waals surface area contributed by atoms with Crippen molar-refractivity contribution in [2.45, 2.75) is 166 Å². The summed E-state index contributed by atoms with van der Waals surface area (Å²) in [6, 6.07) is -2.09. The third-order valence-corrected chi connectivity index (χ3v) is 11.3. The molecule has 0 aliphatic heterocycles. The van der Waals surface area contributed by atoms with Crippen LogP contribution >= 0.6 is 21.6 Å². The van der Waals surface area contributed by atoms with Crippen molar-refractivity contribution in [1.82, 2.24) is 20.4 Å². The Bertz CT molecular complexity index is 797. The van der Waals surface area contributed by atoms with Gasteiger partial charge in [-0.2, -0.15) is 0 Å². The van der Waals surface area contributed by atoms with E-state index in [1.807, 2.05) is 0 Å². The van der Waals surface area contributed by atoms with Crippen LogP contribution in [-0.4, -0.2) is 109 Å². The summed E-state index contributed by atoms with van der Waals surface area (Å²) >= 11 is 0. The molecule has 0 fully saturated rings. The van der Waals surface area contributed by atoms with Gasteiger partial charge in [0.2, 0.25) is 11.8 Å². The third kappa shape index (κ3) is 33.6. The summed E-state index contributed by atoms with van der Waals surface area (Å²) < 4.78 is 0. The highest BCUT2D eigenvalue weighted by Crippen LogP contribution is 2.23. The first-order valence-corrected chi connectivity index (χ1v) is 22.1. The van der Waals surface area contributed by atoms with E-state index >= 15 is 0 Å². The molecule has 0 aliphatic carbocycles. The van der Waals surface area contributed by atoms with E-state index in [0.29, 0.717) is 12.8 Å². The van der Waals surface area contributed by atoms with Gasteiger partial charge in [0.1, 0.15) is 12.1 Å². The van der Waals surface area contributed by atoms with Gasteiger partial charge in [0.05, 0.1) is 0 Å². The normalized spacial score (nSPS) is 12.7. The number of carbonyl (C=O) groups excluding carboxylic acids is 2. The molecule has 0 saturated heterocycles. The van der Waals surface area contributed by atoms with Crippen LogP contribution < -0.4 is 10.6 Å². The summed E-state index contributed by atoms with van der Waals surface area (Å²) in [5.74, 6) is -2.54. The molecule has 0 aromatic rings. The number of amides is 2. The van der Waals surface area contributed by atoms with Gasteiger partial charge in [-0.15, -0.1) is 0 Å². The Kier molecular flexibility index (Phi) is 33.5. The summed E-state index contributed by atoms with van der Waals surface area (Å²) in [5.41, 5.74) is 0. The second kappa shape index (κ2) is 34.6. The lowest BCUT2D eigenvalue weighted by molar-refractivity contribution is -0.141. The average molecular weight is 747 g/mol. The van der Waals surface area contributed by atoms with E-state index in [1.54, 1.807) is 0 Å². The summed E-state index contributed by atoms with van der Waals surface area (Å²) in [5, 5.41) is 24.3. The molecule has 0 rings (SSSR count). The van der Waals surface area contributed by atoms with Crippen molar-refractivity contribution >= 4 is 45.3 Å². The maximum atomic E-state index is 12.4. The molecule has 50 heavy (non-hydrogen) atoms. The number of nitrogens with one attached hydrogen (secondary N) is 2. The van der Waals surface area contributed by atoms with Gasteiger partial charge < -0.3 is 30.6 Å². The average Bonchev–Trinajstić information content (AvgIpc) is 3.05. The van der Waals surface area contributed by atoms with E-state index in [9.17, 15) is 29.4 Å². The topological polar surface area (TPSA) is 139 Å². The SMILES string of the molecule is CN(C)CCCCCCCCCCCCCC(=O)NC(CSSCC(NC(=O)CCCCCCCCCCCCCN(C)C)C(=O)O)C(=O)O. The van der Waals surface area contributed by atoms with Crippen molar-refractivity contribution in [2.24, 2.45) is 0 Å². The van der Waals surface area contributed by atoms with Gasteiger partial charge in [0.15, 0.2) is 0 Å². The quantitative estimate of drug-likeness (QED) is 0.0366. The molecule has 2 unspecified atom stereocenters.